The van der Waals surface area contributed by atoms with Gasteiger partial charge in [0.15, 0.2) is 0 Å². The molecule has 1 rings (SSSR count). The molecule has 1 amide bonds. The van der Waals surface area contributed by atoms with Crippen LogP contribution < -0.4 is 10.2 Å². The van der Waals surface area contributed by atoms with Crippen LogP contribution in [-0.2, 0) is 4.79 Å². The van der Waals surface area contributed by atoms with Gasteiger partial charge in [0, 0.05) is 24.8 Å². The van der Waals surface area contributed by atoms with Crippen molar-refractivity contribution in [3.05, 3.63) is 29.6 Å². The number of benzene rings is 1. The van der Waals surface area contributed by atoms with E-state index in [-0.39, 0.29) is 12.5 Å². The standard InChI is InChI=1S/C14H21FN2O2/c1-4-7-16-14(19)9-17(3)13-6-5-11(15)8-12(13)10(2)18/h5-6,8,10,18H,4,7,9H2,1-3H3,(H,16,19)/t10-/m0/s1. The second-order valence-electron chi connectivity index (χ2n) is 4.59. The number of hydrogen-bond acceptors (Lipinski definition) is 3. The van der Waals surface area contributed by atoms with Crippen LogP contribution in [0.5, 0.6) is 0 Å². The van der Waals surface area contributed by atoms with Crippen LogP contribution in [0.25, 0.3) is 0 Å². The number of anilines is 1. The number of halogens is 1. The lowest BCUT2D eigenvalue weighted by molar-refractivity contribution is -0.119. The van der Waals surface area contributed by atoms with Crippen LogP contribution in [0.4, 0.5) is 10.1 Å². The molecule has 0 fully saturated rings. The van der Waals surface area contributed by atoms with E-state index < -0.39 is 11.9 Å². The normalized spacial score (nSPS) is 12.1. The van der Waals surface area contributed by atoms with Gasteiger partial charge in [0.05, 0.1) is 12.6 Å². The minimum absolute atomic E-state index is 0.0924. The first-order chi connectivity index (χ1) is 8.95. The van der Waals surface area contributed by atoms with Gasteiger partial charge in [-0.3, -0.25) is 4.79 Å². The average molecular weight is 268 g/mol. The molecule has 0 radical (unpaired) electrons. The molecule has 1 atom stereocenters. The van der Waals surface area contributed by atoms with Crippen LogP contribution in [-0.4, -0.2) is 31.2 Å². The summed E-state index contributed by atoms with van der Waals surface area (Å²) in [4.78, 5) is 13.3. The molecule has 0 saturated heterocycles. The number of hydrogen-bond donors (Lipinski definition) is 2. The number of likely N-dealkylation sites (N-methyl/N-ethyl adjacent to an activating group) is 1. The van der Waals surface area contributed by atoms with Crippen LogP contribution >= 0.6 is 0 Å². The van der Waals surface area contributed by atoms with E-state index in [1.807, 2.05) is 6.92 Å². The number of rotatable bonds is 6. The molecular weight excluding hydrogens is 247 g/mol. The number of amides is 1. The lowest BCUT2D eigenvalue weighted by Gasteiger charge is -2.23. The molecule has 4 nitrogen and oxygen atoms in total. The molecule has 0 aliphatic carbocycles. The van der Waals surface area contributed by atoms with Crippen molar-refractivity contribution in [3.8, 4) is 0 Å². The van der Waals surface area contributed by atoms with Crippen LogP contribution in [0.3, 0.4) is 0 Å². The molecule has 0 unspecified atom stereocenters. The van der Waals surface area contributed by atoms with Gasteiger partial charge in [-0.15, -0.1) is 0 Å². The van der Waals surface area contributed by atoms with Gasteiger partial charge >= 0.3 is 0 Å². The van der Waals surface area contributed by atoms with E-state index >= 15 is 0 Å². The summed E-state index contributed by atoms with van der Waals surface area (Å²) in [7, 11) is 1.74. The van der Waals surface area contributed by atoms with Gasteiger partial charge in [-0.05, 0) is 31.5 Å². The highest BCUT2D eigenvalue weighted by molar-refractivity contribution is 5.81. The highest BCUT2D eigenvalue weighted by Crippen LogP contribution is 2.26. The van der Waals surface area contributed by atoms with Crippen molar-refractivity contribution in [1.29, 1.82) is 0 Å². The molecular formula is C14H21FN2O2. The first kappa shape index (κ1) is 15.4. The van der Waals surface area contributed by atoms with Crippen molar-refractivity contribution in [2.75, 3.05) is 25.0 Å². The maximum absolute atomic E-state index is 13.2. The van der Waals surface area contributed by atoms with E-state index in [9.17, 15) is 14.3 Å². The van der Waals surface area contributed by atoms with E-state index in [1.165, 1.54) is 12.1 Å². The maximum Gasteiger partial charge on any atom is 0.239 e. The van der Waals surface area contributed by atoms with Crippen LogP contribution in [0.15, 0.2) is 18.2 Å². The van der Waals surface area contributed by atoms with Gasteiger partial charge in [0.2, 0.25) is 5.91 Å². The van der Waals surface area contributed by atoms with Gasteiger partial charge in [-0.25, -0.2) is 4.39 Å². The van der Waals surface area contributed by atoms with E-state index in [1.54, 1.807) is 24.9 Å². The molecule has 0 bridgehead atoms. The Morgan fingerprint density at radius 3 is 2.79 bits per heavy atom. The molecule has 0 aliphatic heterocycles. The molecule has 2 N–H and O–H groups in total. The average Bonchev–Trinajstić information content (AvgIpc) is 2.35. The van der Waals surface area contributed by atoms with E-state index in [0.717, 1.165) is 6.42 Å². The Morgan fingerprint density at radius 2 is 2.21 bits per heavy atom. The number of aliphatic hydroxyl groups is 1. The molecule has 19 heavy (non-hydrogen) atoms. The summed E-state index contributed by atoms with van der Waals surface area (Å²) in [6.07, 6.45) is 0.0946. The van der Waals surface area contributed by atoms with Crippen molar-refractivity contribution in [1.82, 2.24) is 5.32 Å². The maximum atomic E-state index is 13.2. The molecule has 0 aromatic heterocycles. The lowest BCUT2D eigenvalue weighted by atomic mass is 10.1. The smallest absolute Gasteiger partial charge is 0.239 e. The van der Waals surface area contributed by atoms with Crippen LogP contribution in [0.1, 0.15) is 31.9 Å². The van der Waals surface area contributed by atoms with Gasteiger partial charge in [0.25, 0.3) is 0 Å². The van der Waals surface area contributed by atoms with Gasteiger partial charge in [0.1, 0.15) is 5.82 Å². The first-order valence-corrected chi connectivity index (χ1v) is 6.41. The molecule has 0 heterocycles. The Kier molecular flexibility index (Phi) is 5.76. The second kappa shape index (κ2) is 7.09. The third-order valence-corrected chi connectivity index (χ3v) is 2.80. The summed E-state index contributed by atoms with van der Waals surface area (Å²) in [5.74, 6) is -0.492. The molecule has 106 valence electrons. The summed E-state index contributed by atoms with van der Waals surface area (Å²) >= 11 is 0. The number of aliphatic hydroxyl groups excluding tert-OH is 1. The fourth-order valence-electron chi connectivity index (χ4n) is 1.83. The zero-order valence-electron chi connectivity index (χ0n) is 11.6. The number of nitrogens with zero attached hydrogens (tertiary/aromatic N) is 1. The summed E-state index contributed by atoms with van der Waals surface area (Å²) in [6.45, 7) is 4.36. The topological polar surface area (TPSA) is 52.6 Å². The van der Waals surface area contributed by atoms with Crippen molar-refractivity contribution < 1.29 is 14.3 Å². The first-order valence-electron chi connectivity index (χ1n) is 6.41. The minimum atomic E-state index is -0.785. The Balaban J connectivity index is 2.81. The Hall–Kier alpha value is -1.62. The third kappa shape index (κ3) is 4.52. The Labute approximate surface area is 113 Å². The zero-order chi connectivity index (χ0) is 14.4. The quantitative estimate of drug-likeness (QED) is 0.827. The van der Waals surface area contributed by atoms with E-state index in [2.05, 4.69) is 5.32 Å². The largest absolute Gasteiger partial charge is 0.389 e. The van der Waals surface area contributed by atoms with Gasteiger partial charge in [-0.1, -0.05) is 6.92 Å². The Bertz CT molecular complexity index is 435. The van der Waals surface area contributed by atoms with Crippen molar-refractivity contribution in [2.45, 2.75) is 26.4 Å². The van der Waals surface area contributed by atoms with E-state index in [4.69, 9.17) is 0 Å². The second-order valence-corrected chi connectivity index (χ2v) is 4.59. The molecule has 1 aromatic carbocycles. The SMILES string of the molecule is CCCNC(=O)CN(C)c1ccc(F)cc1[C@H](C)O. The summed E-state index contributed by atoms with van der Waals surface area (Å²) in [6, 6.07) is 4.19. The molecule has 0 aliphatic rings. The van der Waals surface area contributed by atoms with E-state index in [0.29, 0.717) is 17.8 Å². The minimum Gasteiger partial charge on any atom is -0.389 e. The monoisotopic (exact) mass is 268 g/mol. The fraction of sp³-hybridized carbons (Fsp3) is 0.500. The highest BCUT2D eigenvalue weighted by atomic mass is 19.1. The predicted molar refractivity (Wildman–Crippen MR) is 73.6 cm³/mol. The Morgan fingerprint density at radius 1 is 1.53 bits per heavy atom. The number of carbonyl (C=O) groups excluding carboxylic acids is 1. The van der Waals surface area contributed by atoms with Crippen LogP contribution in [0, 0.1) is 5.82 Å². The van der Waals surface area contributed by atoms with Gasteiger partial charge in [-0.2, -0.15) is 0 Å². The van der Waals surface area contributed by atoms with Crippen LogP contribution in [0.2, 0.25) is 0 Å². The fourth-order valence-corrected chi connectivity index (χ4v) is 1.83. The summed E-state index contributed by atoms with van der Waals surface area (Å²) < 4.78 is 13.2. The molecule has 5 heteroatoms. The van der Waals surface area contributed by atoms with Gasteiger partial charge < -0.3 is 15.3 Å². The summed E-state index contributed by atoms with van der Waals surface area (Å²) in [5.41, 5.74) is 1.13. The zero-order valence-corrected chi connectivity index (χ0v) is 11.6. The molecule has 0 saturated carbocycles. The molecule has 1 aromatic rings. The van der Waals surface area contributed by atoms with Crippen molar-refractivity contribution in [3.63, 3.8) is 0 Å². The molecule has 0 spiro atoms. The highest BCUT2D eigenvalue weighted by Gasteiger charge is 2.14. The number of nitrogens with one attached hydrogen (secondary N) is 1. The number of carbonyl (C=O) groups is 1. The van der Waals surface area contributed by atoms with Crippen molar-refractivity contribution in [2.24, 2.45) is 0 Å². The summed E-state index contributed by atoms with van der Waals surface area (Å²) in [5, 5.41) is 12.4. The third-order valence-electron chi connectivity index (χ3n) is 2.80. The predicted octanol–water partition coefficient (Wildman–Crippen LogP) is 1.84. The lowest BCUT2D eigenvalue weighted by Crippen LogP contribution is -2.35. The van der Waals surface area contributed by atoms with Crippen molar-refractivity contribution >= 4 is 11.6 Å².